The minimum Gasteiger partial charge on any atom is -0.388 e. The Morgan fingerprint density at radius 3 is 2.46 bits per heavy atom. The minimum atomic E-state index is -4.62. The van der Waals surface area contributed by atoms with Crippen molar-refractivity contribution in [2.45, 2.75) is 88.7 Å². The van der Waals surface area contributed by atoms with Crippen molar-refractivity contribution in [3.8, 4) is 6.07 Å². The molecule has 0 amide bonds. The van der Waals surface area contributed by atoms with E-state index in [2.05, 4.69) is 13.8 Å². The number of rotatable bonds is 2. The fourth-order valence-electron chi connectivity index (χ4n) is 7.08. The first-order valence-corrected chi connectivity index (χ1v) is 13.2. The van der Waals surface area contributed by atoms with E-state index in [0.29, 0.717) is 38.0 Å². The monoisotopic (exact) mass is 512 g/mol. The lowest BCUT2D eigenvalue weighted by Gasteiger charge is -2.48. The minimum absolute atomic E-state index is 0.0430. The lowest BCUT2D eigenvalue weighted by atomic mass is 9.58. The largest absolute Gasteiger partial charge is 0.417 e. The van der Waals surface area contributed by atoms with E-state index in [1.807, 2.05) is 0 Å². The number of aliphatic hydroxyl groups excluding tert-OH is 1. The van der Waals surface area contributed by atoms with Gasteiger partial charge in [-0.1, -0.05) is 26.3 Å². The van der Waals surface area contributed by atoms with Gasteiger partial charge in [-0.15, -0.1) is 0 Å². The quantitative estimate of drug-likeness (QED) is 0.506. The van der Waals surface area contributed by atoms with Crippen LogP contribution < -0.4 is 0 Å². The molecule has 2 aliphatic heterocycles. The zero-order valence-corrected chi connectivity index (χ0v) is 21.1. The van der Waals surface area contributed by atoms with Gasteiger partial charge in [0, 0.05) is 48.6 Å². The first-order valence-electron chi connectivity index (χ1n) is 13.2. The van der Waals surface area contributed by atoms with Crippen LogP contribution in [-0.2, 0) is 27.7 Å². The summed E-state index contributed by atoms with van der Waals surface area (Å²) in [6.45, 7) is 5.12. The Morgan fingerprint density at radius 2 is 1.86 bits per heavy atom. The van der Waals surface area contributed by atoms with E-state index in [1.165, 1.54) is 18.6 Å². The van der Waals surface area contributed by atoms with Crippen molar-refractivity contribution in [2.75, 3.05) is 13.2 Å². The van der Waals surface area contributed by atoms with E-state index in [1.54, 1.807) is 6.07 Å². The SMILES string of the molecule is CC(C)c1nc2c(c3c1C(c1ccc(C(F)(F)F)c(C#N)c1)OC31CCOCC1)C(O)CC1(CCC1)C2. The molecule has 1 saturated heterocycles. The fraction of sp³-hybridized carbons (Fsp3) is 0.586. The number of halogens is 3. The van der Waals surface area contributed by atoms with Gasteiger partial charge in [-0.3, -0.25) is 4.98 Å². The Bertz CT molecular complexity index is 1290. The van der Waals surface area contributed by atoms with Crippen molar-refractivity contribution in [3.63, 3.8) is 0 Å². The number of ether oxygens (including phenoxy) is 2. The fourth-order valence-corrected chi connectivity index (χ4v) is 7.08. The van der Waals surface area contributed by atoms with Gasteiger partial charge in [0.25, 0.3) is 0 Å². The van der Waals surface area contributed by atoms with Crippen molar-refractivity contribution in [1.29, 1.82) is 5.26 Å². The van der Waals surface area contributed by atoms with Crippen LogP contribution in [0.5, 0.6) is 0 Å². The maximum absolute atomic E-state index is 13.5. The van der Waals surface area contributed by atoms with Gasteiger partial charge in [0.1, 0.15) is 6.10 Å². The average Bonchev–Trinajstić information content (AvgIpc) is 3.15. The molecule has 5 nitrogen and oxygen atoms in total. The van der Waals surface area contributed by atoms with Gasteiger partial charge in [-0.05, 0) is 60.3 Å². The molecule has 0 bridgehead atoms. The summed E-state index contributed by atoms with van der Waals surface area (Å²) in [4.78, 5) is 5.15. The molecule has 1 saturated carbocycles. The van der Waals surface area contributed by atoms with Crippen LogP contribution in [0.2, 0.25) is 0 Å². The number of aromatic nitrogens is 1. The maximum atomic E-state index is 13.5. The molecule has 2 unspecified atom stereocenters. The predicted octanol–water partition coefficient (Wildman–Crippen LogP) is 6.37. The van der Waals surface area contributed by atoms with E-state index in [9.17, 15) is 23.5 Å². The molecular weight excluding hydrogens is 481 g/mol. The van der Waals surface area contributed by atoms with Gasteiger partial charge in [0.15, 0.2) is 0 Å². The van der Waals surface area contributed by atoms with Crippen LogP contribution in [-0.4, -0.2) is 23.3 Å². The number of fused-ring (bicyclic) bond motifs is 4. The van der Waals surface area contributed by atoms with E-state index in [0.717, 1.165) is 53.4 Å². The van der Waals surface area contributed by atoms with Crippen LogP contribution in [0.1, 0.15) is 115 Å². The van der Waals surface area contributed by atoms with Crippen LogP contribution in [0.15, 0.2) is 18.2 Å². The molecule has 8 heteroatoms. The Kier molecular flexibility index (Phi) is 5.72. The second-order valence-corrected chi connectivity index (χ2v) is 11.6. The number of nitrogens with zero attached hydrogens (tertiary/aromatic N) is 2. The van der Waals surface area contributed by atoms with Crippen molar-refractivity contribution < 1.29 is 27.8 Å². The Labute approximate surface area is 214 Å². The molecule has 37 heavy (non-hydrogen) atoms. The summed E-state index contributed by atoms with van der Waals surface area (Å²) in [7, 11) is 0. The van der Waals surface area contributed by atoms with E-state index in [4.69, 9.17) is 14.5 Å². The van der Waals surface area contributed by atoms with Crippen molar-refractivity contribution in [1.82, 2.24) is 4.98 Å². The average molecular weight is 513 g/mol. The van der Waals surface area contributed by atoms with Gasteiger partial charge in [0.05, 0.1) is 28.9 Å². The molecule has 196 valence electrons. The number of alkyl halides is 3. The van der Waals surface area contributed by atoms with Crippen LogP contribution >= 0.6 is 0 Å². The zero-order chi connectivity index (χ0) is 26.2. The lowest BCUT2D eigenvalue weighted by Crippen LogP contribution is -2.40. The number of hydrogen-bond donors (Lipinski definition) is 1. The molecule has 2 fully saturated rings. The highest BCUT2D eigenvalue weighted by molar-refractivity contribution is 5.55. The standard InChI is InChI=1S/C29H31F3N2O3/c1-16(2)25-23-24(22-20(34-25)13-27(6-3-7-27)14-21(22)35)28(8-10-36-11-9-28)37-26(23)17-4-5-19(29(30,31)32)18(12-17)15-33/h4-5,12,16,21,26,35H,3,6-11,13-14H2,1-2H3. The number of nitriles is 1. The van der Waals surface area contributed by atoms with Crippen molar-refractivity contribution in [3.05, 3.63) is 63.0 Å². The third-order valence-corrected chi connectivity index (χ3v) is 8.98. The first kappa shape index (κ1) is 24.8. The number of hydrogen-bond acceptors (Lipinski definition) is 5. The number of benzene rings is 1. The molecule has 2 spiro atoms. The summed E-state index contributed by atoms with van der Waals surface area (Å²) < 4.78 is 53.1. The summed E-state index contributed by atoms with van der Waals surface area (Å²) in [6, 6.07) is 5.42. The molecule has 0 radical (unpaired) electrons. The normalized spacial score (nSPS) is 25.6. The Morgan fingerprint density at radius 1 is 1.14 bits per heavy atom. The second kappa shape index (κ2) is 8.52. The summed E-state index contributed by atoms with van der Waals surface area (Å²) >= 11 is 0. The van der Waals surface area contributed by atoms with Gasteiger partial charge in [-0.2, -0.15) is 18.4 Å². The van der Waals surface area contributed by atoms with Crippen LogP contribution in [0.4, 0.5) is 13.2 Å². The molecule has 2 atom stereocenters. The summed E-state index contributed by atoms with van der Waals surface area (Å²) in [5, 5.41) is 21.1. The number of aliphatic hydroxyl groups is 1. The van der Waals surface area contributed by atoms with Crippen LogP contribution in [0, 0.1) is 16.7 Å². The van der Waals surface area contributed by atoms with E-state index in [-0.39, 0.29) is 11.3 Å². The molecule has 3 heterocycles. The van der Waals surface area contributed by atoms with Crippen LogP contribution in [0.25, 0.3) is 0 Å². The summed E-state index contributed by atoms with van der Waals surface area (Å²) in [5.74, 6) is 0.0430. The molecular formula is C29H31F3N2O3. The van der Waals surface area contributed by atoms with Gasteiger partial charge >= 0.3 is 6.18 Å². The van der Waals surface area contributed by atoms with Gasteiger partial charge in [-0.25, -0.2) is 0 Å². The maximum Gasteiger partial charge on any atom is 0.417 e. The Balaban J connectivity index is 1.58. The molecule has 2 aromatic rings. The lowest BCUT2D eigenvalue weighted by molar-refractivity contribution is -0.138. The molecule has 4 aliphatic rings. The van der Waals surface area contributed by atoms with E-state index >= 15 is 0 Å². The third-order valence-electron chi connectivity index (χ3n) is 8.98. The molecule has 6 rings (SSSR count). The third kappa shape index (κ3) is 3.81. The second-order valence-electron chi connectivity index (χ2n) is 11.6. The highest BCUT2D eigenvalue weighted by atomic mass is 19.4. The highest BCUT2D eigenvalue weighted by Gasteiger charge is 2.54. The zero-order valence-electron chi connectivity index (χ0n) is 21.1. The van der Waals surface area contributed by atoms with E-state index < -0.39 is 35.1 Å². The molecule has 2 aliphatic carbocycles. The summed E-state index contributed by atoms with van der Waals surface area (Å²) in [5.41, 5.74) is 3.00. The predicted molar refractivity (Wildman–Crippen MR) is 129 cm³/mol. The smallest absolute Gasteiger partial charge is 0.388 e. The van der Waals surface area contributed by atoms with Crippen molar-refractivity contribution in [2.24, 2.45) is 5.41 Å². The topological polar surface area (TPSA) is 75.4 Å². The molecule has 1 aromatic heterocycles. The van der Waals surface area contributed by atoms with Crippen LogP contribution in [0.3, 0.4) is 0 Å². The summed E-state index contributed by atoms with van der Waals surface area (Å²) in [6.07, 6.45) is 0.132. The number of pyridine rings is 1. The van der Waals surface area contributed by atoms with Gasteiger partial charge in [0.2, 0.25) is 0 Å². The molecule has 1 aromatic carbocycles. The van der Waals surface area contributed by atoms with Gasteiger partial charge < -0.3 is 14.6 Å². The first-order chi connectivity index (χ1) is 17.6. The highest BCUT2D eigenvalue weighted by Crippen LogP contribution is 2.60. The Hall–Kier alpha value is -2.47. The van der Waals surface area contributed by atoms with Crippen molar-refractivity contribution >= 4 is 0 Å². The molecule has 1 N–H and O–H groups in total.